The molecule has 0 radical (unpaired) electrons. The first-order valence-electron chi connectivity index (χ1n) is 3.33. The lowest BCUT2D eigenvalue weighted by molar-refractivity contribution is 0.170. The minimum absolute atomic E-state index is 0.223. The van der Waals surface area contributed by atoms with Crippen LogP contribution in [0, 0.1) is 0 Å². The van der Waals surface area contributed by atoms with E-state index < -0.39 is 0 Å². The van der Waals surface area contributed by atoms with E-state index in [0.717, 1.165) is 12.0 Å². The van der Waals surface area contributed by atoms with Crippen molar-refractivity contribution in [3.8, 4) is 0 Å². The van der Waals surface area contributed by atoms with Crippen molar-refractivity contribution in [1.82, 2.24) is 0 Å². The Morgan fingerprint density at radius 3 is 3.27 bits per heavy atom. The maximum atomic E-state index is 9.61. The van der Waals surface area contributed by atoms with Gasteiger partial charge in [0.2, 0.25) is 0 Å². The maximum Gasteiger partial charge on any atom is 0.0827 e. The molecule has 60 valence electrons. The second kappa shape index (κ2) is 3.24. The van der Waals surface area contributed by atoms with Crippen LogP contribution in [0.5, 0.6) is 0 Å². The number of alkyl halides is 1. The summed E-state index contributed by atoms with van der Waals surface area (Å²) in [5.41, 5.74) is 1.13. The number of halogens is 1. The zero-order valence-electron chi connectivity index (χ0n) is 5.66. The molecular formula is C7H7IOS2. The van der Waals surface area contributed by atoms with Crippen molar-refractivity contribution in [2.75, 3.05) is 0 Å². The van der Waals surface area contributed by atoms with Crippen LogP contribution in [0.1, 0.15) is 18.1 Å². The van der Waals surface area contributed by atoms with Gasteiger partial charge >= 0.3 is 0 Å². The van der Waals surface area contributed by atoms with Crippen LogP contribution in [0.3, 0.4) is 0 Å². The molecule has 0 amide bonds. The van der Waals surface area contributed by atoms with Crippen LogP contribution in [-0.4, -0.2) is 8.36 Å². The molecule has 0 aliphatic carbocycles. The van der Waals surface area contributed by atoms with Crippen LogP contribution < -0.4 is 0 Å². The summed E-state index contributed by atoms with van der Waals surface area (Å²) in [4.78, 5) is 0. The summed E-state index contributed by atoms with van der Waals surface area (Å²) < 4.78 is 1.83. The molecule has 4 heteroatoms. The fourth-order valence-electron chi connectivity index (χ4n) is 1.11. The molecule has 1 N–H and O–H groups in total. The third-order valence-corrected chi connectivity index (χ3v) is 5.13. The molecule has 2 heterocycles. The number of hydrogen-bond donors (Lipinski definition) is 1. The van der Waals surface area contributed by atoms with E-state index in [0.29, 0.717) is 3.26 Å². The third kappa shape index (κ3) is 1.59. The summed E-state index contributed by atoms with van der Waals surface area (Å²) in [6.45, 7) is 0. The van der Waals surface area contributed by atoms with Crippen molar-refractivity contribution in [2.24, 2.45) is 0 Å². The zero-order chi connectivity index (χ0) is 7.84. The predicted octanol–water partition coefficient (Wildman–Crippen LogP) is 3.04. The van der Waals surface area contributed by atoms with Crippen molar-refractivity contribution in [3.63, 3.8) is 0 Å². The molecule has 2 rings (SSSR count). The van der Waals surface area contributed by atoms with Gasteiger partial charge < -0.3 is 5.11 Å². The van der Waals surface area contributed by atoms with Crippen molar-refractivity contribution < 1.29 is 5.11 Å². The largest absolute Gasteiger partial charge is 0.388 e. The quantitative estimate of drug-likeness (QED) is 0.587. The van der Waals surface area contributed by atoms with Crippen molar-refractivity contribution in [3.05, 3.63) is 17.0 Å². The molecule has 1 aliphatic rings. The Morgan fingerprint density at radius 2 is 2.45 bits per heavy atom. The topological polar surface area (TPSA) is 20.2 Å². The van der Waals surface area contributed by atoms with E-state index in [9.17, 15) is 5.11 Å². The van der Waals surface area contributed by atoms with Gasteiger partial charge in [0.25, 0.3) is 0 Å². The summed E-state index contributed by atoms with van der Waals surface area (Å²) in [6.07, 6.45) is 0.661. The Kier molecular flexibility index (Phi) is 2.46. The highest BCUT2D eigenvalue weighted by Gasteiger charge is 2.24. The molecule has 1 aromatic rings. The van der Waals surface area contributed by atoms with Crippen molar-refractivity contribution >= 4 is 45.7 Å². The van der Waals surface area contributed by atoms with Gasteiger partial charge in [0.1, 0.15) is 0 Å². The Bertz CT molecular complexity index is 261. The summed E-state index contributed by atoms with van der Waals surface area (Å²) in [7, 11) is 0. The lowest BCUT2D eigenvalue weighted by Crippen LogP contribution is -2.08. The summed E-state index contributed by atoms with van der Waals surface area (Å²) in [5.74, 6) is 0. The number of thiophene rings is 1. The second-order valence-electron chi connectivity index (χ2n) is 2.44. The molecule has 0 spiro atoms. The Labute approximate surface area is 87.3 Å². The molecule has 0 aromatic carbocycles. The number of hydrogen-bond acceptors (Lipinski definition) is 3. The van der Waals surface area contributed by atoms with E-state index in [2.05, 4.69) is 28.0 Å². The van der Waals surface area contributed by atoms with Gasteiger partial charge in [-0.15, -0.1) is 23.1 Å². The van der Waals surface area contributed by atoms with Gasteiger partial charge in [-0.2, -0.15) is 0 Å². The van der Waals surface area contributed by atoms with E-state index >= 15 is 0 Å². The van der Waals surface area contributed by atoms with Gasteiger partial charge in [-0.1, -0.05) is 22.6 Å². The van der Waals surface area contributed by atoms with Gasteiger partial charge in [0, 0.05) is 5.56 Å². The second-order valence-corrected chi connectivity index (χ2v) is 7.18. The van der Waals surface area contributed by atoms with Crippen LogP contribution >= 0.6 is 45.7 Å². The van der Waals surface area contributed by atoms with Gasteiger partial charge in [-0.3, -0.25) is 0 Å². The normalized spacial score (nSPS) is 30.0. The first-order chi connectivity index (χ1) is 5.27. The van der Waals surface area contributed by atoms with E-state index in [1.54, 1.807) is 11.3 Å². The van der Waals surface area contributed by atoms with E-state index in [4.69, 9.17) is 0 Å². The smallest absolute Gasteiger partial charge is 0.0827 e. The molecule has 11 heavy (non-hydrogen) atoms. The molecule has 0 bridgehead atoms. The lowest BCUT2D eigenvalue weighted by atomic mass is 10.1. The van der Waals surface area contributed by atoms with Gasteiger partial charge in [0.15, 0.2) is 0 Å². The molecular weight excluding hydrogens is 291 g/mol. The minimum atomic E-state index is -0.223. The van der Waals surface area contributed by atoms with Gasteiger partial charge in [-0.25, -0.2) is 0 Å². The number of thioether (sulfide) groups is 1. The monoisotopic (exact) mass is 298 g/mol. The third-order valence-electron chi connectivity index (χ3n) is 1.66. The Morgan fingerprint density at radius 1 is 1.64 bits per heavy atom. The average Bonchev–Trinajstić information content (AvgIpc) is 2.34. The Hall–Kier alpha value is 0.740. The molecule has 1 aliphatic heterocycles. The number of rotatable bonds is 0. The average molecular weight is 298 g/mol. The first-order valence-corrected chi connectivity index (χ1v) is 6.34. The fraction of sp³-hybridized carbons (Fsp3) is 0.429. The summed E-state index contributed by atoms with van der Waals surface area (Å²) in [5, 5.41) is 11.7. The van der Waals surface area contributed by atoms with Gasteiger partial charge in [0.05, 0.1) is 13.6 Å². The van der Waals surface area contributed by atoms with Crippen LogP contribution in [0.15, 0.2) is 15.7 Å². The highest BCUT2D eigenvalue weighted by atomic mass is 127. The van der Waals surface area contributed by atoms with Gasteiger partial charge in [-0.05, 0) is 17.9 Å². The molecule has 0 saturated heterocycles. The summed E-state index contributed by atoms with van der Waals surface area (Å²) >= 11 is 5.97. The van der Waals surface area contributed by atoms with Crippen molar-refractivity contribution in [2.45, 2.75) is 20.0 Å². The zero-order valence-corrected chi connectivity index (χ0v) is 9.45. The van der Waals surface area contributed by atoms with E-state index in [1.165, 1.54) is 4.21 Å². The summed E-state index contributed by atoms with van der Waals surface area (Å²) in [6, 6.07) is 2.03. The maximum absolute atomic E-state index is 9.61. The number of aliphatic hydroxyl groups excluding tert-OH is 1. The highest BCUT2D eigenvalue weighted by molar-refractivity contribution is 14.1. The SMILES string of the molecule is OC1CC(I)Sc2sccc21. The number of aliphatic hydroxyl groups is 1. The molecule has 0 saturated carbocycles. The fourth-order valence-corrected chi connectivity index (χ4v) is 5.14. The molecule has 1 aromatic heterocycles. The van der Waals surface area contributed by atoms with Crippen LogP contribution in [-0.2, 0) is 0 Å². The van der Waals surface area contributed by atoms with Crippen molar-refractivity contribution in [1.29, 1.82) is 0 Å². The van der Waals surface area contributed by atoms with Crippen LogP contribution in [0.25, 0.3) is 0 Å². The molecule has 1 nitrogen and oxygen atoms in total. The molecule has 2 atom stereocenters. The molecule has 0 fully saturated rings. The first kappa shape index (κ1) is 8.34. The Balaban J connectivity index is 2.36. The standard InChI is InChI=1S/C7H7IOS2/c8-6-3-5(9)4-1-2-10-7(4)11-6/h1-2,5-6,9H,3H2. The minimum Gasteiger partial charge on any atom is -0.388 e. The van der Waals surface area contributed by atoms with Crippen LogP contribution in [0.4, 0.5) is 0 Å². The predicted molar refractivity (Wildman–Crippen MR) is 57.6 cm³/mol. The lowest BCUT2D eigenvalue weighted by Gasteiger charge is -2.21. The molecule has 2 unspecified atom stereocenters. The van der Waals surface area contributed by atoms with E-state index in [1.807, 2.05) is 17.8 Å². The van der Waals surface area contributed by atoms with Crippen LogP contribution in [0.2, 0.25) is 0 Å². The van der Waals surface area contributed by atoms with E-state index in [-0.39, 0.29) is 6.10 Å². The number of fused-ring (bicyclic) bond motifs is 1. The highest BCUT2D eigenvalue weighted by Crippen LogP contribution is 2.45.